The van der Waals surface area contributed by atoms with Gasteiger partial charge in [0.2, 0.25) is 0 Å². The van der Waals surface area contributed by atoms with Gasteiger partial charge in [-0.3, -0.25) is 4.79 Å². The molecule has 1 saturated carbocycles. The maximum absolute atomic E-state index is 11.5. The van der Waals surface area contributed by atoms with Gasteiger partial charge in [0, 0.05) is 5.92 Å². The van der Waals surface area contributed by atoms with Crippen molar-refractivity contribution in [2.45, 2.75) is 6.10 Å². The Balaban J connectivity index is 1.94. The van der Waals surface area contributed by atoms with Crippen LogP contribution in [0.15, 0.2) is 24.3 Å². The molecule has 0 spiro atoms. The number of ether oxygens (including phenoxy) is 1. The average molecular weight is 174 g/mol. The van der Waals surface area contributed by atoms with Crippen LogP contribution in [0.2, 0.25) is 0 Å². The molecule has 66 valence electrons. The molecule has 6 atom stereocenters. The SMILES string of the molecule is O=C1OC2C=CC3C4C=CC2C1C34. The summed E-state index contributed by atoms with van der Waals surface area (Å²) in [7, 11) is 0. The van der Waals surface area contributed by atoms with Crippen molar-refractivity contribution in [1.29, 1.82) is 0 Å². The smallest absolute Gasteiger partial charge is 0.310 e. The summed E-state index contributed by atoms with van der Waals surface area (Å²) in [5.41, 5.74) is 0. The van der Waals surface area contributed by atoms with Crippen LogP contribution in [-0.4, -0.2) is 12.1 Å². The lowest BCUT2D eigenvalue weighted by Gasteiger charge is -2.16. The summed E-state index contributed by atoms with van der Waals surface area (Å²) in [6.45, 7) is 0. The number of esters is 1. The molecule has 0 aromatic heterocycles. The van der Waals surface area contributed by atoms with Crippen LogP contribution in [0.4, 0.5) is 0 Å². The van der Waals surface area contributed by atoms with E-state index in [-0.39, 0.29) is 18.0 Å². The molecule has 0 radical (unpaired) electrons. The standard InChI is InChI=1S/C11H10O2/c12-11-10-7-2-1-5-6(9(5)10)3-4-8(7)13-11/h1-10H. The van der Waals surface area contributed by atoms with Crippen LogP contribution in [0.5, 0.6) is 0 Å². The summed E-state index contributed by atoms with van der Waals surface area (Å²) < 4.78 is 5.32. The largest absolute Gasteiger partial charge is 0.457 e. The van der Waals surface area contributed by atoms with Crippen molar-refractivity contribution >= 4 is 5.97 Å². The Bertz CT molecular complexity index is 355. The van der Waals surface area contributed by atoms with Crippen molar-refractivity contribution in [2.75, 3.05) is 0 Å². The fourth-order valence-electron chi connectivity index (χ4n) is 3.33. The van der Waals surface area contributed by atoms with E-state index < -0.39 is 0 Å². The molecule has 0 aromatic carbocycles. The minimum Gasteiger partial charge on any atom is -0.457 e. The van der Waals surface area contributed by atoms with Crippen molar-refractivity contribution in [3.63, 3.8) is 0 Å². The Kier molecular flexibility index (Phi) is 0.859. The highest BCUT2D eigenvalue weighted by Gasteiger charge is 2.63. The lowest BCUT2D eigenvalue weighted by molar-refractivity contribution is -0.143. The van der Waals surface area contributed by atoms with Gasteiger partial charge < -0.3 is 4.74 Å². The molecule has 2 nitrogen and oxygen atoms in total. The van der Waals surface area contributed by atoms with Gasteiger partial charge in [-0.25, -0.2) is 0 Å². The van der Waals surface area contributed by atoms with Gasteiger partial charge in [0.15, 0.2) is 0 Å². The Morgan fingerprint density at radius 2 is 1.69 bits per heavy atom. The molecule has 0 amide bonds. The zero-order valence-electron chi connectivity index (χ0n) is 7.09. The number of fused-ring (bicyclic) bond motifs is 1. The third-order valence-corrected chi connectivity index (χ3v) is 4.00. The number of hydrogen-bond donors (Lipinski definition) is 0. The third kappa shape index (κ3) is 0.578. The van der Waals surface area contributed by atoms with Gasteiger partial charge in [0.25, 0.3) is 0 Å². The molecule has 3 aliphatic carbocycles. The monoisotopic (exact) mass is 174 g/mol. The molecule has 0 N–H and O–H groups in total. The first-order valence-corrected chi connectivity index (χ1v) is 4.93. The second-order valence-corrected chi connectivity index (χ2v) is 4.51. The van der Waals surface area contributed by atoms with E-state index in [2.05, 4.69) is 24.3 Å². The highest BCUT2D eigenvalue weighted by molar-refractivity contribution is 5.78. The minimum atomic E-state index is 0.0428. The van der Waals surface area contributed by atoms with Gasteiger partial charge in [-0.1, -0.05) is 18.2 Å². The average Bonchev–Trinajstić information content (AvgIpc) is 2.72. The van der Waals surface area contributed by atoms with E-state index in [1.807, 2.05) is 0 Å². The van der Waals surface area contributed by atoms with E-state index >= 15 is 0 Å². The van der Waals surface area contributed by atoms with Crippen molar-refractivity contribution in [3.8, 4) is 0 Å². The topological polar surface area (TPSA) is 26.3 Å². The molecule has 2 fully saturated rings. The predicted octanol–water partition coefficient (Wildman–Crippen LogP) is 1.15. The maximum atomic E-state index is 11.5. The first kappa shape index (κ1) is 6.41. The van der Waals surface area contributed by atoms with Crippen LogP contribution in [0, 0.1) is 29.6 Å². The zero-order chi connectivity index (χ0) is 8.58. The lowest BCUT2D eigenvalue weighted by Crippen LogP contribution is -2.21. The van der Waals surface area contributed by atoms with E-state index in [0.717, 1.165) is 0 Å². The molecule has 1 aliphatic heterocycles. The Labute approximate surface area is 76.3 Å². The first-order chi connectivity index (χ1) is 6.36. The zero-order valence-corrected chi connectivity index (χ0v) is 7.09. The van der Waals surface area contributed by atoms with Gasteiger partial charge >= 0.3 is 5.97 Å². The van der Waals surface area contributed by atoms with E-state index in [1.165, 1.54) is 0 Å². The van der Waals surface area contributed by atoms with Crippen LogP contribution in [0.1, 0.15) is 0 Å². The highest BCUT2D eigenvalue weighted by Crippen LogP contribution is 2.62. The van der Waals surface area contributed by atoms with Crippen LogP contribution in [0.3, 0.4) is 0 Å². The lowest BCUT2D eigenvalue weighted by atomic mass is 9.83. The van der Waals surface area contributed by atoms with Crippen LogP contribution < -0.4 is 0 Å². The predicted molar refractivity (Wildman–Crippen MR) is 45.6 cm³/mol. The molecule has 6 unspecified atom stereocenters. The van der Waals surface area contributed by atoms with E-state index in [9.17, 15) is 4.79 Å². The second kappa shape index (κ2) is 1.74. The van der Waals surface area contributed by atoms with Crippen molar-refractivity contribution in [1.82, 2.24) is 0 Å². The summed E-state index contributed by atoms with van der Waals surface area (Å²) >= 11 is 0. The molecule has 0 aromatic rings. The summed E-state index contributed by atoms with van der Waals surface area (Å²) in [6.07, 6.45) is 8.88. The summed E-state index contributed by atoms with van der Waals surface area (Å²) in [4.78, 5) is 11.5. The molecular weight excluding hydrogens is 164 g/mol. The molecule has 2 heteroatoms. The number of rotatable bonds is 0. The molecule has 1 heterocycles. The van der Waals surface area contributed by atoms with Gasteiger partial charge in [-0.05, 0) is 23.8 Å². The summed E-state index contributed by atoms with van der Waals surface area (Å²) in [5.74, 6) is 2.43. The molecule has 4 aliphatic rings. The second-order valence-electron chi connectivity index (χ2n) is 4.51. The molecular formula is C11H10O2. The van der Waals surface area contributed by atoms with E-state index in [1.54, 1.807) is 0 Å². The van der Waals surface area contributed by atoms with Gasteiger partial charge in [0.1, 0.15) is 6.10 Å². The fourth-order valence-corrected chi connectivity index (χ4v) is 3.33. The van der Waals surface area contributed by atoms with Crippen LogP contribution >= 0.6 is 0 Å². The summed E-state index contributed by atoms with van der Waals surface area (Å²) in [6, 6.07) is 0. The molecule has 13 heavy (non-hydrogen) atoms. The van der Waals surface area contributed by atoms with Gasteiger partial charge in [-0.2, -0.15) is 0 Å². The molecule has 4 bridgehead atoms. The Morgan fingerprint density at radius 1 is 1.00 bits per heavy atom. The van der Waals surface area contributed by atoms with Crippen LogP contribution in [0.25, 0.3) is 0 Å². The van der Waals surface area contributed by atoms with Gasteiger partial charge in [0.05, 0.1) is 5.92 Å². The summed E-state index contributed by atoms with van der Waals surface area (Å²) in [5, 5.41) is 0. The van der Waals surface area contributed by atoms with E-state index in [4.69, 9.17) is 4.74 Å². The van der Waals surface area contributed by atoms with Gasteiger partial charge in [-0.15, -0.1) is 0 Å². The maximum Gasteiger partial charge on any atom is 0.310 e. The third-order valence-electron chi connectivity index (χ3n) is 4.00. The quantitative estimate of drug-likeness (QED) is 0.406. The molecule has 1 saturated heterocycles. The van der Waals surface area contributed by atoms with E-state index in [0.29, 0.717) is 23.7 Å². The van der Waals surface area contributed by atoms with Crippen LogP contribution in [-0.2, 0) is 9.53 Å². The number of carbonyl (C=O) groups excluding carboxylic acids is 1. The Morgan fingerprint density at radius 3 is 2.54 bits per heavy atom. The van der Waals surface area contributed by atoms with Crippen molar-refractivity contribution in [2.24, 2.45) is 29.6 Å². The number of carbonyl (C=O) groups is 1. The first-order valence-electron chi connectivity index (χ1n) is 4.93. The van der Waals surface area contributed by atoms with Crippen molar-refractivity contribution < 1.29 is 9.53 Å². The number of hydrogen-bond acceptors (Lipinski definition) is 2. The highest BCUT2D eigenvalue weighted by atomic mass is 16.6. The minimum absolute atomic E-state index is 0.0428. The Hall–Kier alpha value is -1.05. The fraction of sp³-hybridized carbons (Fsp3) is 0.545. The normalized spacial score (nSPS) is 58.9. The number of allylic oxidation sites excluding steroid dienone is 2. The van der Waals surface area contributed by atoms with Crippen molar-refractivity contribution in [3.05, 3.63) is 24.3 Å². The molecule has 4 rings (SSSR count).